The summed E-state index contributed by atoms with van der Waals surface area (Å²) in [6.07, 6.45) is 16.4. The van der Waals surface area contributed by atoms with Crippen molar-refractivity contribution >= 4 is 5.78 Å². The van der Waals surface area contributed by atoms with Gasteiger partial charge in [-0.15, -0.1) is 0 Å². The lowest BCUT2D eigenvalue weighted by Gasteiger charge is -2.34. The standard InChI is InChI=1S/C25H40O5/c1-3-4-5-6-7-8-9-10-11-12-13-14-15-16-25(29)18-21(27)23-22(30-25)17-20(26)19(2)24(23)28/h17,26,28-29H,3-16,18H2,1-2H3. The van der Waals surface area contributed by atoms with Gasteiger partial charge in [0.05, 0.1) is 6.42 Å². The Kier molecular flexibility index (Phi) is 9.96. The summed E-state index contributed by atoms with van der Waals surface area (Å²) in [6.45, 7) is 3.78. The summed E-state index contributed by atoms with van der Waals surface area (Å²) >= 11 is 0. The predicted molar refractivity (Wildman–Crippen MR) is 119 cm³/mol. The van der Waals surface area contributed by atoms with Gasteiger partial charge in [-0.05, 0) is 13.3 Å². The van der Waals surface area contributed by atoms with Gasteiger partial charge in [0, 0.05) is 18.1 Å². The van der Waals surface area contributed by atoms with E-state index in [-0.39, 0.29) is 40.6 Å². The van der Waals surface area contributed by atoms with Gasteiger partial charge in [-0.3, -0.25) is 4.79 Å². The number of carbonyl (C=O) groups excluding carboxylic acids is 1. The normalized spacial score (nSPS) is 18.3. The van der Waals surface area contributed by atoms with Crippen LogP contribution in [0.3, 0.4) is 0 Å². The monoisotopic (exact) mass is 420 g/mol. The molecule has 1 atom stereocenters. The molecule has 5 heteroatoms. The molecule has 0 saturated heterocycles. The molecular formula is C25H40O5. The third-order valence-electron chi connectivity index (χ3n) is 6.18. The van der Waals surface area contributed by atoms with Crippen molar-refractivity contribution in [2.45, 2.75) is 116 Å². The summed E-state index contributed by atoms with van der Waals surface area (Å²) in [5, 5.41) is 30.7. The number of ether oxygens (including phenoxy) is 1. The molecule has 0 fully saturated rings. The molecule has 0 aliphatic carbocycles. The van der Waals surface area contributed by atoms with Crippen molar-refractivity contribution in [2.75, 3.05) is 0 Å². The van der Waals surface area contributed by atoms with Crippen LogP contribution in [0.5, 0.6) is 17.2 Å². The Bertz CT molecular complexity index is 685. The summed E-state index contributed by atoms with van der Waals surface area (Å²) in [4.78, 5) is 12.4. The summed E-state index contributed by atoms with van der Waals surface area (Å²) in [7, 11) is 0. The number of benzene rings is 1. The van der Waals surface area contributed by atoms with Crippen LogP contribution in [0.2, 0.25) is 0 Å². The van der Waals surface area contributed by atoms with E-state index in [1.165, 1.54) is 77.2 Å². The first kappa shape index (κ1) is 24.5. The number of phenolic OH excluding ortho intramolecular Hbond substituents is 2. The first-order valence-electron chi connectivity index (χ1n) is 11.9. The second-order valence-electron chi connectivity index (χ2n) is 8.88. The highest BCUT2D eigenvalue weighted by molar-refractivity contribution is 6.03. The number of Topliss-reactive ketones (excluding diaryl/α,β-unsaturated/α-hetero) is 1. The second kappa shape index (κ2) is 12.2. The van der Waals surface area contributed by atoms with Crippen LogP contribution in [0.1, 0.15) is 119 Å². The van der Waals surface area contributed by atoms with Crippen molar-refractivity contribution in [3.8, 4) is 17.2 Å². The molecule has 1 aliphatic rings. The van der Waals surface area contributed by atoms with Crippen molar-refractivity contribution < 1.29 is 24.9 Å². The van der Waals surface area contributed by atoms with Crippen LogP contribution in [-0.2, 0) is 0 Å². The van der Waals surface area contributed by atoms with Gasteiger partial charge in [-0.1, -0.05) is 84.0 Å². The first-order valence-corrected chi connectivity index (χ1v) is 11.9. The fraction of sp³-hybridized carbons (Fsp3) is 0.720. The van der Waals surface area contributed by atoms with Gasteiger partial charge in [0.2, 0.25) is 5.79 Å². The maximum absolute atomic E-state index is 12.4. The lowest BCUT2D eigenvalue weighted by atomic mass is 9.92. The highest BCUT2D eigenvalue weighted by atomic mass is 16.6. The molecule has 0 saturated carbocycles. The number of hydrogen-bond acceptors (Lipinski definition) is 5. The number of rotatable bonds is 14. The molecule has 1 heterocycles. The molecule has 0 aromatic heterocycles. The number of unbranched alkanes of at least 4 members (excludes halogenated alkanes) is 12. The first-order chi connectivity index (χ1) is 14.4. The topological polar surface area (TPSA) is 87.0 Å². The zero-order valence-electron chi connectivity index (χ0n) is 18.8. The lowest BCUT2D eigenvalue weighted by molar-refractivity contribution is -0.145. The number of hydrogen-bond donors (Lipinski definition) is 3. The molecular weight excluding hydrogens is 380 g/mol. The van der Waals surface area contributed by atoms with Crippen molar-refractivity contribution in [3.63, 3.8) is 0 Å². The molecule has 1 aliphatic heterocycles. The van der Waals surface area contributed by atoms with Gasteiger partial charge < -0.3 is 20.1 Å². The third kappa shape index (κ3) is 7.19. The number of ketones is 1. The van der Waals surface area contributed by atoms with Crippen molar-refractivity contribution in [3.05, 3.63) is 17.2 Å². The van der Waals surface area contributed by atoms with Gasteiger partial charge in [0.25, 0.3) is 0 Å². The molecule has 0 radical (unpaired) electrons. The lowest BCUT2D eigenvalue weighted by Crippen LogP contribution is -2.41. The van der Waals surface area contributed by atoms with Crippen molar-refractivity contribution in [2.24, 2.45) is 0 Å². The Morgan fingerprint density at radius 1 is 0.900 bits per heavy atom. The van der Waals surface area contributed by atoms with Crippen LogP contribution in [-0.4, -0.2) is 26.9 Å². The summed E-state index contributed by atoms with van der Waals surface area (Å²) < 4.78 is 5.63. The van der Waals surface area contributed by atoms with E-state index in [0.29, 0.717) is 6.42 Å². The minimum absolute atomic E-state index is 0.0559. The van der Waals surface area contributed by atoms with Crippen molar-refractivity contribution in [1.29, 1.82) is 0 Å². The van der Waals surface area contributed by atoms with E-state index in [1.807, 2.05) is 0 Å². The molecule has 3 N–H and O–H groups in total. The average molecular weight is 421 g/mol. The van der Waals surface area contributed by atoms with E-state index in [4.69, 9.17) is 4.74 Å². The largest absolute Gasteiger partial charge is 0.507 e. The quantitative estimate of drug-likeness (QED) is 0.297. The second-order valence-corrected chi connectivity index (χ2v) is 8.88. The Labute approximate surface area is 181 Å². The molecule has 2 rings (SSSR count). The Morgan fingerprint density at radius 3 is 1.93 bits per heavy atom. The molecule has 0 amide bonds. The van der Waals surface area contributed by atoms with E-state index in [9.17, 15) is 20.1 Å². The Morgan fingerprint density at radius 2 is 1.40 bits per heavy atom. The molecule has 0 spiro atoms. The molecule has 170 valence electrons. The minimum atomic E-state index is -1.56. The number of aliphatic hydroxyl groups is 1. The third-order valence-corrected chi connectivity index (χ3v) is 6.18. The summed E-state index contributed by atoms with van der Waals surface area (Å²) in [5.41, 5.74) is 0.299. The van der Waals surface area contributed by atoms with Gasteiger partial charge in [-0.2, -0.15) is 0 Å². The molecule has 0 bridgehead atoms. The van der Waals surface area contributed by atoms with E-state index < -0.39 is 5.79 Å². The predicted octanol–water partition coefficient (Wildman–Crippen LogP) is 6.54. The molecule has 1 aromatic carbocycles. The molecule has 5 nitrogen and oxygen atoms in total. The highest BCUT2D eigenvalue weighted by Crippen LogP contribution is 2.43. The fourth-order valence-electron chi connectivity index (χ4n) is 4.22. The van der Waals surface area contributed by atoms with E-state index in [0.717, 1.165) is 19.3 Å². The highest BCUT2D eigenvalue weighted by Gasteiger charge is 2.40. The average Bonchev–Trinajstić information content (AvgIpc) is 2.69. The number of phenols is 2. The van der Waals surface area contributed by atoms with Crippen LogP contribution < -0.4 is 4.74 Å². The van der Waals surface area contributed by atoms with E-state index in [1.54, 1.807) is 0 Å². The fourth-order valence-corrected chi connectivity index (χ4v) is 4.22. The zero-order chi connectivity index (χ0) is 22.0. The van der Waals surface area contributed by atoms with E-state index >= 15 is 0 Å². The van der Waals surface area contributed by atoms with Gasteiger partial charge >= 0.3 is 0 Å². The SMILES string of the molecule is CCCCCCCCCCCCCCCC1(O)CC(=O)c2c(cc(O)c(C)c2O)O1. The van der Waals surface area contributed by atoms with Crippen LogP contribution in [0.15, 0.2) is 6.07 Å². The Balaban J connectivity index is 1.61. The molecule has 30 heavy (non-hydrogen) atoms. The van der Waals surface area contributed by atoms with Gasteiger partial charge in [0.15, 0.2) is 5.78 Å². The van der Waals surface area contributed by atoms with E-state index in [2.05, 4.69) is 6.92 Å². The van der Waals surface area contributed by atoms with Crippen LogP contribution in [0.25, 0.3) is 0 Å². The minimum Gasteiger partial charge on any atom is -0.507 e. The number of carbonyl (C=O) groups is 1. The maximum Gasteiger partial charge on any atom is 0.215 e. The molecule has 1 unspecified atom stereocenters. The summed E-state index contributed by atoms with van der Waals surface area (Å²) in [5.74, 6) is -2.27. The Hall–Kier alpha value is -1.75. The van der Waals surface area contributed by atoms with Crippen molar-refractivity contribution in [1.82, 2.24) is 0 Å². The van der Waals surface area contributed by atoms with Gasteiger partial charge in [-0.25, -0.2) is 0 Å². The zero-order valence-corrected chi connectivity index (χ0v) is 18.8. The summed E-state index contributed by atoms with van der Waals surface area (Å²) in [6, 6.07) is 1.30. The van der Waals surface area contributed by atoms with Crippen LogP contribution in [0.4, 0.5) is 0 Å². The molecule has 1 aromatic rings. The number of fused-ring (bicyclic) bond motifs is 1. The van der Waals surface area contributed by atoms with Crippen LogP contribution >= 0.6 is 0 Å². The van der Waals surface area contributed by atoms with Gasteiger partial charge in [0.1, 0.15) is 22.8 Å². The smallest absolute Gasteiger partial charge is 0.215 e. The maximum atomic E-state index is 12.4. The van der Waals surface area contributed by atoms with Crippen LogP contribution in [0, 0.1) is 6.92 Å². The number of aromatic hydroxyl groups is 2.